The number of likely N-dealkylation sites (tertiary alicyclic amines) is 1. The summed E-state index contributed by atoms with van der Waals surface area (Å²) in [6, 6.07) is 10.5. The van der Waals surface area contributed by atoms with Gasteiger partial charge in [0.05, 0.1) is 5.69 Å². The van der Waals surface area contributed by atoms with Crippen molar-refractivity contribution >= 4 is 29.9 Å². The average Bonchev–Trinajstić information content (AvgIpc) is 3.27. The average molecular weight is 510 g/mol. The van der Waals surface area contributed by atoms with Crippen LogP contribution in [-0.2, 0) is 6.42 Å². The number of aromatic nitrogens is 2. The van der Waals surface area contributed by atoms with Crippen LogP contribution >= 0.6 is 24.0 Å². The molecule has 1 unspecified atom stereocenters. The molecular weight excluding hydrogens is 475 g/mol. The van der Waals surface area contributed by atoms with Crippen molar-refractivity contribution in [2.75, 3.05) is 39.3 Å². The van der Waals surface area contributed by atoms with Gasteiger partial charge in [0, 0.05) is 38.6 Å². The molecule has 1 aromatic carbocycles. The van der Waals surface area contributed by atoms with Crippen LogP contribution in [0.4, 0.5) is 0 Å². The van der Waals surface area contributed by atoms with Gasteiger partial charge in [-0.15, -0.1) is 24.0 Å². The van der Waals surface area contributed by atoms with Crippen LogP contribution in [0.1, 0.15) is 32.3 Å². The molecule has 160 valence electrons. The Morgan fingerprint density at radius 3 is 2.72 bits per heavy atom. The van der Waals surface area contributed by atoms with Crippen LogP contribution in [-0.4, -0.2) is 59.9 Å². The molecule has 0 spiro atoms. The number of aliphatic imine (C=N–C) groups is 1. The maximum Gasteiger partial charge on any atom is 0.191 e. The monoisotopic (exact) mass is 510 g/mol. The maximum atomic E-state index is 4.84. The van der Waals surface area contributed by atoms with E-state index in [1.54, 1.807) is 6.20 Å². The zero-order valence-corrected chi connectivity index (χ0v) is 20.0. The molecule has 1 fully saturated rings. The fourth-order valence-electron chi connectivity index (χ4n) is 3.71. The second-order valence-corrected chi connectivity index (χ2v) is 7.41. The lowest BCUT2D eigenvalue weighted by Crippen LogP contribution is -2.40. The zero-order valence-electron chi connectivity index (χ0n) is 17.7. The van der Waals surface area contributed by atoms with Crippen LogP contribution in [0.2, 0.25) is 0 Å². The van der Waals surface area contributed by atoms with Gasteiger partial charge in [0.2, 0.25) is 0 Å². The number of halogens is 1. The first-order valence-corrected chi connectivity index (χ1v) is 10.6. The molecule has 29 heavy (non-hydrogen) atoms. The van der Waals surface area contributed by atoms with E-state index in [-0.39, 0.29) is 24.0 Å². The lowest BCUT2D eigenvalue weighted by molar-refractivity contribution is 0.186. The van der Waals surface area contributed by atoms with Gasteiger partial charge >= 0.3 is 0 Å². The van der Waals surface area contributed by atoms with Gasteiger partial charge in [-0.3, -0.25) is 4.99 Å². The Bertz CT molecular complexity index is 713. The van der Waals surface area contributed by atoms with E-state index in [1.807, 2.05) is 16.9 Å². The molecule has 0 amide bonds. The van der Waals surface area contributed by atoms with E-state index in [9.17, 15) is 0 Å². The minimum atomic E-state index is 0. The lowest BCUT2D eigenvalue weighted by Gasteiger charge is -2.31. The highest BCUT2D eigenvalue weighted by atomic mass is 127. The normalized spacial score (nSPS) is 17.6. The van der Waals surface area contributed by atoms with E-state index in [0.717, 1.165) is 44.2 Å². The van der Waals surface area contributed by atoms with Crippen LogP contribution in [0.3, 0.4) is 0 Å². The van der Waals surface area contributed by atoms with E-state index < -0.39 is 0 Å². The van der Waals surface area contributed by atoms with Crippen LogP contribution in [0.5, 0.6) is 0 Å². The fourth-order valence-corrected chi connectivity index (χ4v) is 3.71. The zero-order chi connectivity index (χ0) is 19.6. The van der Waals surface area contributed by atoms with Gasteiger partial charge in [-0.2, -0.15) is 5.10 Å². The topological polar surface area (TPSA) is 57.5 Å². The van der Waals surface area contributed by atoms with Gasteiger partial charge in [-0.1, -0.05) is 19.1 Å². The minimum Gasteiger partial charge on any atom is -0.357 e. The van der Waals surface area contributed by atoms with Gasteiger partial charge in [0.25, 0.3) is 0 Å². The molecule has 2 aromatic rings. The highest BCUT2D eigenvalue weighted by Crippen LogP contribution is 2.16. The molecule has 1 atom stereocenters. The van der Waals surface area contributed by atoms with E-state index >= 15 is 0 Å². The number of guanidine groups is 1. The second kappa shape index (κ2) is 12.8. The van der Waals surface area contributed by atoms with Crippen molar-refractivity contribution in [3.05, 3.63) is 48.3 Å². The predicted octanol–water partition coefficient (Wildman–Crippen LogP) is 3.32. The van der Waals surface area contributed by atoms with Crippen molar-refractivity contribution < 1.29 is 0 Å². The predicted molar refractivity (Wildman–Crippen MR) is 132 cm³/mol. The number of hydrogen-bond acceptors (Lipinski definition) is 3. The molecule has 1 aliphatic rings. The number of nitrogens with zero attached hydrogens (tertiary/aromatic N) is 4. The highest BCUT2D eigenvalue weighted by Gasteiger charge is 2.18. The summed E-state index contributed by atoms with van der Waals surface area (Å²) in [5.41, 5.74) is 2.40. The summed E-state index contributed by atoms with van der Waals surface area (Å²) in [4.78, 5) is 7.38. The van der Waals surface area contributed by atoms with E-state index in [0.29, 0.717) is 5.92 Å². The molecule has 2 N–H and O–H groups in total. The minimum absolute atomic E-state index is 0. The Balaban J connectivity index is 0.00000300. The molecule has 1 aromatic heterocycles. The molecular formula is C22H35IN6. The molecule has 0 aliphatic carbocycles. The van der Waals surface area contributed by atoms with E-state index in [2.05, 4.69) is 58.7 Å². The van der Waals surface area contributed by atoms with Crippen molar-refractivity contribution in [3.63, 3.8) is 0 Å². The summed E-state index contributed by atoms with van der Waals surface area (Å²) in [6.07, 6.45) is 7.32. The summed E-state index contributed by atoms with van der Waals surface area (Å²) in [5.74, 6) is 1.61. The Kier molecular flexibility index (Phi) is 10.5. The summed E-state index contributed by atoms with van der Waals surface area (Å²) >= 11 is 0. The number of nitrogens with one attached hydrogen (secondary N) is 2. The van der Waals surface area contributed by atoms with E-state index in [1.165, 1.54) is 31.5 Å². The first kappa shape index (κ1) is 23.7. The molecule has 1 aliphatic heterocycles. The van der Waals surface area contributed by atoms with Gasteiger partial charge < -0.3 is 15.5 Å². The summed E-state index contributed by atoms with van der Waals surface area (Å²) in [7, 11) is 0. The SMILES string of the molecule is CCNC(=NCC1CCCN(CC)C1)NCCc1ccc(-n2cccn2)cc1.I. The molecule has 0 bridgehead atoms. The fraction of sp³-hybridized carbons (Fsp3) is 0.545. The van der Waals surface area contributed by atoms with Crippen molar-refractivity contribution in [1.29, 1.82) is 0 Å². The maximum absolute atomic E-state index is 4.84. The standard InChI is InChI=1S/C22H34N6.HI/c1-3-23-22(25-17-20-7-5-15-27(4-2)18-20)24-14-12-19-8-10-21(11-9-19)28-16-6-13-26-28;/h6,8-11,13,16,20H,3-5,7,12,14-15,17-18H2,1-2H3,(H2,23,24,25);1H. The summed E-state index contributed by atoms with van der Waals surface area (Å²) in [5, 5.41) is 11.1. The Morgan fingerprint density at radius 1 is 1.21 bits per heavy atom. The van der Waals surface area contributed by atoms with Gasteiger partial charge in [-0.25, -0.2) is 4.68 Å². The quantitative estimate of drug-likeness (QED) is 0.325. The first-order valence-electron chi connectivity index (χ1n) is 10.6. The summed E-state index contributed by atoms with van der Waals surface area (Å²) in [6.45, 7) is 10.6. The Hall–Kier alpha value is -1.61. The molecule has 2 heterocycles. The number of piperidine rings is 1. The molecule has 6 nitrogen and oxygen atoms in total. The largest absolute Gasteiger partial charge is 0.357 e. The van der Waals surface area contributed by atoms with Crippen molar-refractivity contribution in [1.82, 2.24) is 25.3 Å². The lowest BCUT2D eigenvalue weighted by atomic mass is 9.98. The molecule has 0 radical (unpaired) electrons. The van der Waals surface area contributed by atoms with Crippen molar-refractivity contribution in [3.8, 4) is 5.69 Å². The number of benzene rings is 1. The Morgan fingerprint density at radius 2 is 2.03 bits per heavy atom. The van der Waals surface area contributed by atoms with Crippen LogP contribution in [0.25, 0.3) is 5.69 Å². The van der Waals surface area contributed by atoms with Gasteiger partial charge in [0.15, 0.2) is 5.96 Å². The first-order chi connectivity index (χ1) is 13.8. The summed E-state index contributed by atoms with van der Waals surface area (Å²) < 4.78 is 1.88. The molecule has 3 rings (SSSR count). The highest BCUT2D eigenvalue weighted by molar-refractivity contribution is 14.0. The third kappa shape index (κ3) is 7.62. The van der Waals surface area contributed by atoms with Gasteiger partial charge in [-0.05, 0) is 69.0 Å². The number of hydrogen-bond donors (Lipinski definition) is 2. The van der Waals surface area contributed by atoms with Crippen molar-refractivity contribution in [2.45, 2.75) is 33.1 Å². The molecule has 0 saturated carbocycles. The molecule has 1 saturated heterocycles. The van der Waals surface area contributed by atoms with Crippen LogP contribution < -0.4 is 10.6 Å². The third-order valence-corrected chi connectivity index (χ3v) is 5.31. The van der Waals surface area contributed by atoms with Crippen molar-refractivity contribution in [2.24, 2.45) is 10.9 Å². The van der Waals surface area contributed by atoms with Crippen LogP contribution in [0.15, 0.2) is 47.7 Å². The Labute approximate surface area is 192 Å². The van der Waals surface area contributed by atoms with Gasteiger partial charge in [0.1, 0.15) is 0 Å². The second-order valence-electron chi connectivity index (χ2n) is 7.41. The molecule has 7 heteroatoms. The number of rotatable bonds is 8. The van der Waals surface area contributed by atoms with E-state index in [4.69, 9.17) is 4.99 Å². The third-order valence-electron chi connectivity index (χ3n) is 5.31. The smallest absolute Gasteiger partial charge is 0.191 e. The van der Waals surface area contributed by atoms with Crippen LogP contribution in [0, 0.1) is 5.92 Å².